The van der Waals surface area contributed by atoms with Crippen molar-refractivity contribution < 1.29 is 4.39 Å². The number of thiazole rings is 1. The molecule has 0 spiro atoms. The Morgan fingerprint density at radius 1 is 1.30 bits per heavy atom. The lowest BCUT2D eigenvalue weighted by Crippen LogP contribution is -2.38. The Bertz CT molecular complexity index is 733. The van der Waals surface area contributed by atoms with Crippen LogP contribution >= 0.6 is 35.3 Å². The molecule has 1 aromatic carbocycles. The average molecular weight is 505 g/mol. The molecule has 150 valence electrons. The van der Waals surface area contributed by atoms with Gasteiger partial charge >= 0.3 is 0 Å². The summed E-state index contributed by atoms with van der Waals surface area (Å²) in [6.45, 7) is 6.74. The van der Waals surface area contributed by atoms with Crippen LogP contribution in [0.15, 0.2) is 29.4 Å². The first kappa shape index (κ1) is 23.8. The van der Waals surface area contributed by atoms with Crippen LogP contribution in [0.5, 0.6) is 0 Å². The highest BCUT2D eigenvalue weighted by Gasteiger charge is 2.06. The molecule has 0 unspecified atom stereocenters. The summed E-state index contributed by atoms with van der Waals surface area (Å²) in [6.07, 6.45) is 2.77. The van der Waals surface area contributed by atoms with E-state index in [0.717, 1.165) is 36.0 Å². The van der Waals surface area contributed by atoms with Crippen molar-refractivity contribution in [3.8, 4) is 0 Å². The molecule has 0 radical (unpaired) electrons. The zero-order chi connectivity index (χ0) is 18.9. The number of nitrogens with zero attached hydrogens (tertiary/aromatic N) is 3. The molecule has 0 saturated carbocycles. The van der Waals surface area contributed by atoms with Crippen molar-refractivity contribution in [2.75, 3.05) is 27.2 Å². The fourth-order valence-corrected chi connectivity index (χ4v) is 3.29. The van der Waals surface area contributed by atoms with Gasteiger partial charge in [-0.3, -0.25) is 0 Å². The quantitative estimate of drug-likeness (QED) is 0.327. The minimum Gasteiger partial charge on any atom is -0.357 e. The standard InChI is InChI=1S/C19H28FN5S.HI/c1-5-21-19(22-9-8-18-23-11-14(2)26-18)24-12-15-6-7-17(20)16(10-15)13-25(3)4;/h6-7,10-11H,5,8-9,12-13H2,1-4H3,(H2,21,22,24);1H. The van der Waals surface area contributed by atoms with E-state index in [9.17, 15) is 4.39 Å². The zero-order valence-electron chi connectivity index (χ0n) is 16.4. The maximum Gasteiger partial charge on any atom is 0.191 e. The molecular weight excluding hydrogens is 476 g/mol. The van der Waals surface area contributed by atoms with Gasteiger partial charge in [-0.05, 0) is 45.6 Å². The van der Waals surface area contributed by atoms with Crippen LogP contribution in [-0.4, -0.2) is 43.0 Å². The van der Waals surface area contributed by atoms with Gasteiger partial charge in [-0.1, -0.05) is 6.07 Å². The lowest BCUT2D eigenvalue weighted by molar-refractivity contribution is 0.392. The molecule has 0 bridgehead atoms. The maximum atomic E-state index is 13.9. The minimum atomic E-state index is -0.171. The van der Waals surface area contributed by atoms with Crippen LogP contribution in [0.3, 0.4) is 0 Å². The normalized spacial score (nSPS) is 11.4. The minimum absolute atomic E-state index is 0. The van der Waals surface area contributed by atoms with Crippen molar-refractivity contribution in [2.45, 2.75) is 33.4 Å². The van der Waals surface area contributed by atoms with E-state index in [2.05, 4.69) is 27.5 Å². The molecule has 2 rings (SSSR count). The summed E-state index contributed by atoms with van der Waals surface area (Å²) in [6, 6.07) is 5.20. The zero-order valence-corrected chi connectivity index (χ0v) is 19.5. The molecule has 0 fully saturated rings. The van der Waals surface area contributed by atoms with Crippen LogP contribution in [0, 0.1) is 12.7 Å². The van der Waals surface area contributed by atoms with E-state index in [1.165, 1.54) is 10.9 Å². The number of aryl methyl sites for hydroxylation is 1. The van der Waals surface area contributed by atoms with Crippen molar-refractivity contribution in [3.05, 3.63) is 51.2 Å². The molecule has 27 heavy (non-hydrogen) atoms. The monoisotopic (exact) mass is 505 g/mol. The predicted octanol–water partition coefficient (Wildman–Crippen LogP) is 3.57. The number of nitrogens with one attached hydrogen (secondary N) is 2. The lowest BCUT2D eigenvalue weighted by Gasteiger charge is -2.13. The Hall–Kier alpha value is -1.26. The topological polar surface area (TPSA) is 52.6 Å². The van der Waals surface area contributed by atoms with E-state index in [1.807, 2.05) is 38.2 Å². The molecule has 0 aliphatic carbocycles. The highest BCUT2D eigenvalue weighted by molar-refractivity contribution is 14.0. The molecule has 0 atom stereocenters. The second kappa shape index (κ2) is 12.2. The Kier molecular flexibility index (Phi) is 10.8. The molecule has 8 heteroatoms. The summed E-state index contributed by atoms with van der Waals surface area (Å²) in [7, 11) is 3.86. The summed E-state index contributed by atoms with van der Waals surface area (Å²) in [5.41, 5.74) is 1.69. The third-order valence-electron chi connectivity index (χ3n) is 3.66. The van der Waals surface area contributed by atoms with Gasteiger partial charge in [-0.15, -0.1) is 35.3 Å². The fraction of sp³-hybridized carbons (Fsp3) is 0.474. The summed E-state index contributed by atoms with van der Waals surface area (Å²) in [4.78, 5) is 12.2. The Morgan fingerprint density at radius 2 is 2.07 bits per heavy atom. The molecule has 5 nitrogen and oxygen atoms in total. The van der Waals surface area contributed by atoms with Crippen molar-refractivity contribution >= 4 is 41.3 Å². The van der Waals surface area contributed by atoms with Crippen molar-refractivity contribution in [2.24, 2.45) is 4.99 Å². The van der Waals surface area contributed by atoms with Crippen LogP contribution in [0.25, 0.3) is 0 Å². The molecule has 2 aromatic rings. The number of halogens is 2. The summed E-state index contributed by atoms with van der Waals surface area (Å²) in [5, 5.41) is 7.70. The van der Waals surface area contributed by atoms with E-state index < -0.39 is 0 Å². The second-order valence-corrected chi connectivity index (χ2v) is 7.72. The van der Waals surface area contributed by atoms with Gasteiger partial charge in [0.15, 0.2) is 5.96 Å². The first-order valence-electron chi connectivity index (χ1n) is 8.83. The summed E-state index contributed by atoms with van der Waals surface area (Å²) in [5.74, 6) is 0.592. The molecule has 0 aliphatic rings. The number of hydrogen-bond donors (Lipinski definition) is 2. The average Bonchev–Trinajstić information content (AvgIpc) is 3.00. The van der Waals surface area contributed by atoms with Gasteiger partial charge in [-0.25, -0.2) is 14.4 Å². The van der Waals surface area contributed by atoms with E-state index in [1.54, 1.807) is 17.4 Å². The highest BCUT2D eigenvalue weighted by atomic mass is 127. The molecule has 1 heterocycles. The Labute approximate surface area is 182 Å². The number of aromatic nitrogens is 1. The van der Waals surface area contributed by atoms with Gasteiger partial charge in [0.25, 0.3) is 0 Å². The smallest absolute Gasteiger partial charge is 0.191 e. The molecule has 0 aliphatic heterocycles. The first-order chi connectivity index (χ1) is 12.5. The molecule has 2 N–H and O–H groups in total. The fourth-order valence-electron chi connectivity index (χ4n) is 2.51. The van der Waals surface area contributed by atoms with Gasteiger partial charge in [0.1, 0.15) is 5.82 Å². The third kappa shape index (κ3) is 8.52. The lowest BCUT2D eigenvalue weighted by atomic mass is 10.1. The SMILES string of the molecule is CCNC(=NCc1ccc(F)c(CN(C)C)c1)NCCc1ncc(C)s1.I. The van der Waals surface area contributed by atoms with Gasteiger partial charge in [0.2, 0.25) is 0 Å². The number of hydrogen-bond acceptors (Lipinski definition) is 4. The van der Waals surface area contributed by atoms with Gasteiger partial charge < -0.3 is 15.5 Å². The van der Waals surface area contributed by atoms with Crippen molar-refractivity contribution in [3.63, 3.8) is 0 Å². The molecule has 1 aromatic heterocycles. The van der Waals surface area contributed by atoms with Crippen molar-refractivity contribution in [1.29, 1.82) is 0 Å². The van der Waals surface area contributed by atoms with E-state index in [4.69, 9.17) is 0 Å². The maximum absolute atomic E-state index is 13.9. The van der Waals surface area contributed by atoms with Gasteiger partial charge in [0.05, 0.1) is 11.6 Å². The molecule has 0 amide bonds. The summed E-state index contributed by atoms with van der Waals surface area (Å²) < 4.78 is 13.9. The first-order valence-corrected chi connectivity index (χ1v) is 9.65. The van der Waals surface area contributed by atoms with Gasteiger partial charge in [-0.2, -0.15) is 0 Å². The van der Waals surface area contributed by atoms with Crippen LogP contribution in [0.4, 0.5) is 4.39 Å². The van der Waals surface area contributed by atoms with E-state index in [-0.39, 0.29) is 29.8 Å². The van der Waals surface area contributed by atoms with Crippen LogP contribution < -0.4 is 10.6 Å². The predicted molar refractivity (Wildman–Crippen MR) is 123 cm³/mol. The van der Waals surface area contributed by atoms with Crippen LogP contribution in [0.2, 0.25) is 0 Å². The number of guanidine groups is 1. The number of benzene rings is 1. The second-order valence-electron chi connectivity index (χ2n) is 6.40. The third-order valence-corrected chi connectivity index (χ3v) is 4.63. The number of rotatable bonds is 8. The highest BCUT2D eigenvalue weighted by Crippen LogP contribution is 2.13. The molecular formula is C19H29FIN5S. The van der Waals surface area contributed by atoms with Gasteiger partial charge in [0, 0.05) is 42.7 Å². The number of aliphatic imine (C=N–C) groups is 1. The summed E-state index contributed by atoms with van der Waals surface area (Å²) >= 11 is 1.72. The van der Waals surface area contributed by atoms with E-state index >= 15 is 0 Å². The van der Waals surface area contributed by atoms with Crippen LogP contribution in [0.1, 0.15) is 27.9 Å². The Morgan fingerprint density at radius 3 is 2.70 bits per heavy atom. The van der Waals surface area contributed by atoms with E-state index in [0.29, 0.717) is 18.7 Å². The van der Waals surface area contributed by atoms with Crippen molar-refractivity contribution in [1.82, 2.24) is 20.5 Å². The Balaban J connectivity index is 0.00000364. The molecule has 0 saturated heterocycles. The van der Waals surface area contributed by atoms with Crippen LogP contribution in [-0.2, 0) is 19.5 Å². The largest absolute Gasteiger partial charge is 0.357 e.